The van der Waals surface area contributed by atoms with Crippen LogP contribution in [0.25, 0.3) is 0 Å². The van der Waals surface area contributed by atoms with E-state index >= 15 is 0 Å². The molecule has 0 rings (SSSR count). The lowest BCUT2D eigenvalue weighted by Gasteiger charge is -2.34. The lowest BCUT2D eigenvalue weighted by atomic mass is 10.1. The zero-order valence-electron chi connectivity index (χ0n) is 39.4. The van der Waals surface area contributed by atoms with Crippen molar-refractivity contribution in [2.24, 2.45) is 0 Å². The van der Waals surface area contributed by atoms with Crippen molar-refractivity contribution in [3.05, 3.63) is 60.8 Å². The maximum absolute atomic E-state index is 12.8. The highest BCUT2D eigenvalue weighted by Gasteiger charge is 2.25. The number of quaternary nitrogens is 1. The van der Waals surface area contributed by atoms with Gasteiger partial charge in [-0.1, -0.05) is 164 Å². The van der Waals surface area contributed by atoms with E-state index in [9.17, 15) is 19.5 Å². The summed E-state index contributed by atoms with van der Waals surface area (Å²) in [4.78, 5) is 36.9. The topological polar surface area (TPSA) is 102 Å². The molecule has 0 fully saturated rings. The van der Waals surface area contributed by atoms with E-state index < -0.39 is 18.1 Å². The number of esters is 2. The summed E-state index contributed by atoms with van der Waals surface area (Å²) >= 11 is 0. The number of hydrogen-bond acceptors (Lipinski definition) is 7. The third kappa shape index (κ3) is 40.4. The number of rotatable bonds is 43. The highest BCUT2D eigenvalue weighted by Crippen LogP contribution is 2.14. The molecule has 0 aliphatic carbocycles. The largest absolute Gasteiger partial charge is 0.544 e. The first-order chi connectivity index (χ1) is 29.1. The Balaban J connectivity index is 4.38. The zero-order valence-corrected chi connectivity index (χ0v) is 39.4. The summed E-state index contributed by atoms with van der Waals surface area (Å²) in [6.07, 6.45) is 52.5. The SMILES string of the molecule is CCCCC/C=C/C/C=C/C/C=C/C/C=C/CCCC(=O)OCC(COCCC(C(=O)[O-])[N+](C)(C)C)OC(=O)CCCCCCCCC/C=C/CCCCCCCCCC. The number of unbranched alkanes of at least 4 members (excludes halogenated alkanes) is 19. The molecule has 0 amide bonds. The summed E-state index contributed by atoms with van der Waals surface area (Å²) in [5.41, 5.74) is 0. The molecule has 0 aromatic carbocycles. The Morgan fingerprint density at radius 1 is 0.500 bits per heavy atom. The van der Waals surface area contributed by atoms with E-state index in [1.54, 1.807) is 21.1 Å². The Labute approximate surface area is 368 Å². The summed E-state index contributed by atoms with van der Waals surface area (Å²) in [5.74, 6) is -1.81. The minimum atomic E-state index is -1.13. The number of allylic oxidation sites excluding steroid dienone is 10. The number of carbonyl (C=O) groups is 3. The summed E-state index contributed by atoms with van der Waals surface area (Å²) in [7, 11) is 5.39. The normalized spacial score (nSPS) is 13.4. The number of nitrogens with zero attached hydrogens (tertiary/aromatic N) is 1. The van der Waals surface area contributed by atoms with Crippen LogP contribution in [0, 0.1) is 0 Å². The number of aliphatic carboxylic acids is 1. The van der Waals surface area contributed by atoms with Crippen LogP contribution in [0.2, 0.25) is 0 Å². The first-order valence-corrected chi connectivity index (χ1v) is 24.3. The highest BCUT2D eigenvalue weighted by molar-refractivity contribution is 5.70. The van der Waals surface area contributed by atoms with Gasteiger partial charge in [0.25, 0.3) is 0 Å². The standard InChI is InChI=1S/C52H91NO7/c1-6-8-10-12-14-16-18-20-22-24-25-27-29-31-33-35-37-39-41-43-51(55)60-48(46-58-45-44-49(52(56)57)53(3,4)5)47-59-50(54)42-40-38-36-34-32-30-28-26-23-21-19-17-15-13-11-9-7-2/h15,17,21,23-25,28,30,34,36,48-49H,6-14,16,18-20,22,26-27,29,31-33,35,37-47H2,1-5H3/b17-15+,23-21+,25-24+,30-28+,36-34+. The predicted molar refractivity (Wildman–Crippen MR) is 249 cm³/mol. The van der Waals surface area contributed by atoms with Crippen molar-refractivity contribution in [1.82, 2.24) is 0 Å². The Morgan fingerprint density at radius 3 is 1.40 bits per heavy atom. The van der Waals surface area contributed by atoms with Gasteiger partial charge >= 0.3 is 11.9 Å². The molecule has 0 saturated carbocycles. The molecular formula is C52H91NO7. The second kappa shape index (κ2) is 42.7. The van der Waals surface area contributed by atoms with Gasteiger partial charge in [-0.15, -0.1) is 0 Å². The molecule has 0 bridgehead atoms. The van der Waals surface area contributed by atoms with Gasteiger partial charge in [-0.25, -0.2) is 0 Å². The van der Waals surface area contributed by atoms with Crippen LogP contribution in [-0.4, -0.2) is 75.5 Å². The van der Waals surface area contributed by atoms with Crippen molar-refractivity contribution in [1.29, 1.82) is 0 Å². The first kappa shape index (κ1) is 57.0. The third-order valence-electron chi connectivity index (χ3n) is 10.6. The van der Waals surface area contributed by atoms with Crippen molar-refractivity contribution in [3.63, 3.8) is 0 Å². The molecule has 0 N–H and O–H groups in total. The van der Waals surface area contributed by atoms with Gasteiger partial charge in [-0.3, -0.25) is 9.59 Å². The Morgan fingerprint density at radius 2 is 0.900 bits per heavy atom. The number of hydrogen-bond donors (Lipinski definition) is 0. The summed E-state index contributed by atoms with van der Waals surface area (Å²) in [5, 5.41) is 11.6. The molecule has 8 nitrogen and oxygen atoms in total. The van der Waals surface area contributed by atoms with Crippen LogP contribution in [0.5, 0.6) is 0 Å². The van der Waals surface area contributed by atoms with E-state index in [1.165, 1.54) is 116 Å². The number of likely N-dealkylation sites (N-methyl/N-ethyl adjacent to an activating group) is 1. The van der Waals surface area contributed by atoms with E-state index in [-0.39, 0.29) is 49.1 Å². The predicted octanol–water partition coefficient (Wildman–Crippen LogP) is 12.4. The van der Waals surface area contributed by atoms with E-state index in [1.807, 2.05) is 0 Å². The highest BCUT2D eigenvalue weighted by atomic mass is 16.6. The van der Waals surface area contributed by atoms with Crippen molar-refractivity contribution < 1.29 is 38.2 Å². The third-order valence-corrected chi connectivity index (χ3v) is 10.6. The molecule has 60 heavy (non-hydrogen) atoms. The second-order valence-corrected chi connectivity index (χ2v) is 17.3. The van der Waals surface area contributed by atoms with Gasteiger partial charge in [0, 0.05) is 19.3 Å². The van der Waals surface area contributed by atoms with E-state index in [4.69, 9.17) is 14.2 Å². The summed E-state index contributed by atoms with van der Waals surface area (Å²) < 4.78 is 17.1. The molecule has 0 heterocycles. The van der Waals surface area contributed by atoms with Crippen molar-refractivity contribution in [2.45, 2.75) is 212 Å². The molecule has 0 radical (unpaired) electrons. The molecule has 0 spiro atoms. The van der Waals surface area contributed by atoms with Gasteiger partial charge in [0.15, 0.2) is 6.10 Å². The molecule has 0 saturated heterocycles. The molecular weight excluding hydrogens is 751 g/mol. The molecule has 0 aromatic heterocycles. The van der Waals surface area contributed by atoms with Gasteiger partial charge in [-0.2, -0.15) is 0 Å². The zero-order chi connectivity index (χ0) is 44.2. The van der Waals surface area contributed by atoms with Crippen molar-refractivity contribution >= 4 is 17.9 Å². The lowest BCUT2D eigenvalue weighted by Crippen LogP contribution is -2.55. The van der Waals surface area contributed by atoms with Gasteiger partial charge in [-0.05, 0) is 77.0 Å². The molecule has 2 unspecified atom stereocenters. The monoisotopic (exact) mass is 842 g/mol. The summed E-state index contributed by atoms with van der Waals surface area (Å²) in [6.45, 7) is 4.58. The lowest BCUT2D eigenvalue weighted by molar-refractivity contribution is -0.889. The van der Waals surface area contributed by atoms with Crippen LogP contribution in [0.15, 0.2) is 60.8 Å². The van der Waals surface area contributed by atoms with Crippen LogP contribution in [-0.2, 0) is 28.6 Å². The minimum Gasteiger partial charge on any atom is -0.544 e. The fourth-order valence-corrected chi connectivity index (χ4v) is 6.82. The molecule has 0 aliphatic rings. The number of carbonyl (C=O) groups excluding carboxylic acids is 3. The van der Waals surface area contributed by atoms with Crippen molar-refractivity contribution in [3.8, 4) is 0 Å². The Hall–Kier alpha value is -2.97. The average molecular weight is 842 g/mol. The van der Waals surface area contributed by atoms with Crippen LogP contribution < -0.4 is 5.11 Å². The second-order valence-electron chi connectivity index (χ2n) is 17.3. The quantitative estimate of drug-likeness (QED) is 0.0261. The molecule has 8 heteroatoms. The van der Waals surface area contributed by atoms with E-state index in [0.717, 1.165) is 44.9 Å². The first-order valence-electron chi connectivity index (χ1n) is 24.3. The smallest absolute Gasteiger partial charge is 0.306 e. The van der Waals surface area contributed by atoms with Gasteiger partial charge < -0.3 is 28.6 Å². The van der Waals surface area contributed by atoms with Crippen LogP contribution in [0.3, 0.4) is 0 Å². The fraction of sp³-hybridized carbons (Fsp3) is 0.750. The van der Waals surface area contributed by atoms with Crippen LogP contribution in [0.1, 0.15) is 200 Å². The average Bonchev–Trinajstić information content (AvgIpc) is 3.21. The van der Waals surface area contributed by atoms with Gasteiger partial charge in [0.1, 0.15) is 12.6 Å². The van der Waals surface area contributed by atoms with Crippen LogP contribution >= 0.6 is 0 Å². The summed E-state index contributed by atoms with van der Waals surface area (Å²) in [6, 6.07) is -0.736. The number of carboxylic acids is 1. The number of ether oxygens (including phenoxy) is 3. The molecule has 346 valence electrons. The van der Waals surface area contributed by atoms with E-state index in [0.29, 0.717) is 12.8 Å². The maximum atomic E-state index is 12.8. The van der Waals surface area contributed by atoms with E-state index in [2.05, 4.69) is 74.6 Å². The molecule has 0 aromatic rings. The van der Waals surface area contributed by atoms with Crippen molar-refractivity contribution in [2.75, 3.05) is 41.0 Å². The van der Waals surface area contributed by atoms with Gasteiger partial charge in [0.2, 0.25) is 0 Å². The minimum absolute atomic E-state index is 0.0204. The Bertz CT molecular complexity index is 1170. The van der Waals surface area contributed by atoms with Crippen LogP contribution in [0.4, 0.5) is 0 Å². The maximum Gasteiger partial charge on any atom is 0.306 e. The fourth-order valence-electron chi connectivity index (χ4n) is 6.82. The van der Waals surface area contributed by atoms with Gasteiger partial charge in [0.05, 0.1) is 40.3 Å². The number of carboxylic acid groups (broad SMARTS) is 1. The molecule has 0 aliphatic heterocycles. The Kier molecular flexibility index (Phi) is 40.6. The molecule has 2 atom stereocenters.